The Kier molecular flexibility index (Phi) is 4.35. The second-order valence-electron chi connectivity index (χ2n) is 5.09. The smallest absolute Gasteiger partial charge is 0.0773 e. The van der Waals surface area contributed by atoms with E-state index >= 15 is 0 Å². The summed E-state index contributed by atoms with van der Waals surface area (Å²) in [4.78, 5) is 0. The maximum atomic E-state index is 10.3. The lowest BCUT2D eigenvalue weighted by molar-refractivity contribution is 0.144. The Morgan fingerprint density at radius 3 is 2.11 bits per heavy atom. The van der Waals surface area contributed by atoms with Crippen molar-refractivity contribution >= 4 is 0 Å². The lowest BCUT2D eigenvalue weighted by atomic mass is 9.91. The van der Waals surface area contributed by atoms with Crippen molar-refractivity contribution in [2.24, 2.45) is 5.73 Å². The monoisotopic (exact) mass is 255 g/mol. The maximum Gasteiger partial charge on any atom is 0.0773 e. The van der Waals surface area contributed by atoms with Crippen LogP contribution in [0.4, 0.5) is 0 Å². The van der Waals surface area contributed by atoms with E-state index in [1.54, 1.807) is 0 Å². The van der Waals surface area contributed by atoms with E-state index in [4.69, 9.17) is 5.73 Å². The van der Waals surface area contributed by atoms with E-state index in [2.05, 4.69) is 0 Å². The predicted octanol–water partition coefficient (Wildman–Crippen LogP) is 2.91. The normalized spacial score (nSPS) is 14.1. The minimum absolute atomic E-state index is 0.346. The van der Waals surface area contributed by atoms with E-state index in [1.807, 2.05) is 62.4 Å². The van der Waals surface area contributed by atoms with Crippen molar-refractivity contribution in [3.8, 4) is 0 Å². The molecule has 2 aromatic carbocycles. The van der Waals surface area contributed by atoms with Crippen molar-refractivity contribution in [2.45, 2.75) is 32.4 Å². The molecular formula is C17H21NO. The van der Waals surface area contributed by atoms with Crippen LogP contribution in [0.2, 0.25) is 0 Å². The van der Waals surface area contributed by atoms with Crippen LogP contribution in [0, 0.1) is 13.8 Å². The zero-order chi connectivity index (χ0) is 13.8. The van der Waals surface area contributed by atoms with Crippen molar-refractivity contribution in [3.05, 3.63) is 70.8 Å². The average Bonchev–Trinajstić information content (AvgIpc) is 2.39. The highest BCUT2D eigenvalue weighted by atomic mass is 16.3. The summed E-state index contributed by atoms with van der Waals surface area (Å²) in [6.45, 7) is 4.08. The number of benzene rings is 2. The molecule has 19 heavy (non-hydrogen) atoms. The fourth-order valence-electron chi connectivity index (χ4n) is 2.53. The summed E-state index contributed by atoms with van der Waals surface area (Å²) in [6, 6.07) is 15.7. The standard InChI is InChI=1S/C17H21NO/c1-12-7-6-8-13(2)16(12)17(18)15(19)11-14-9-4-3-5-10-14/h3-10,15,17,19H,11,18H2,1-2H3/t15-,17-/m0/s1. The van der Waals surface area contributed by atoms with Crippen molar-refractivity contribution in [1.82, 2.24) is 0 Å². The lowest BCUT2D eigenvalue weighted by Gasteiger charge is -2.23. The summed E-state index contributed by atoms with van der Waals surface area (Å²) in [7, 11) is 0. The van der Waals surface area contributed by atoms with Gasteiger partial charge in [-0.3, -0.25) is 0 Å². The van der Waals surface area contributed by atoms with Crippen LogP contribution in [0.5, 0.6) is 0 Å². The number of hydrogen-bond donors (Lipinski definition) is 2. The molecule has 100 valence electrons. The van der Waals surface area contributed by atoms with Gasteiger partial charge in [0.05, 0.1) is 12.1 Å². The third-order valence-electron chi connectivity index (χ3n) is 3.58. The van der Waals surface area contributed by atoms with Crippen LogP contribution in [0.25, 0.3) is 0 Å². The number of nitrogens with two attached hydrogens (primary N) is 1. The van der Waals surface area contributed by atoms with E-state index in [1.165, 1.54) is 0 Å². The molecule has 2 rings (SSSR count). The zero-order valence-corrected chi connectivity index (χ0v) is 11.5. The molecule has 0 radical (unpaired) electrons. The quantitative estimate of drug-likeness (QED) is 0.882. The molecule has 2 nitrogen and oxygen atoms in total. The molecule has 0 saturated heterocycles. The van der Waals surface area contributed by atoms with E-state index in [-0.39, 0.29) is 6.04 Å². The fourth-order valence-corrected chi connectivity index (χ4v) is 2.53. The van der Waals surface area contributed by atoms with Gasteiger partial charge in [-0.25, -0.2) is 0 Å². The van der Waals surface area contributed by atoms with E-state index in [0.717, 1.165) is 22.3 Å². The van der Waals surface area contributed by atoms with Crippen LogP contribution in [0.3, 0.4) is 0 Å². The molecule has 0 fully saturated rings. The van der Waals surface area contributed by atoms with Gasteiger partial charge in [-0.2, -0.15) is 0 Å². The molecule has 0 aromatic heterocycles. The summed E-state index contributed by atoms with van der Waals surface area (Å²) < 4.78 is 0. The summed E-state index contributed by atoms with van der Waals surface area (Å²) in [5, 5.41) is 10.3. The minimum Gasteiger partial charge on any atom is -0.391 e. The first-order valence-electron chi connectivity index (χ1n) is 6.63. The van der Waals surface area contributed by atoms with Crippen molar-refractivity contribution in [2.75, 3.05) is 0 Å². The van der Waals surface area contributed by atoms with E-state index in [9.17, 15) is 5.11 Å². The fraction of sp³-hybridized carbons (Fsp3) is 0.294. The van der Waals surface area contributed by atoms with Gasteiger partial charge in [-0.1, -0.05) is 48.5 Å². The SMILES string of the molecule is Cc1cccc(C)c1[C@@H](N)[C@@H](O)Cc1ccccc1. The van der Waals surface area contributed by atoms with Crippen LogP contribution in [-0.2, 0) is 6.42 Å². The van der Waals surface area contributed by atoms with Crippen LogP contribution in [0.15, 0.2) is 48.5 Å². The molecule has 3 N–H and O–H groups in total. The van der Waals surface area contributed by atoms with Crippen LogP contribution in [0.1, 0.15) is 28.3 Å². The molecule has 0 aliphatic rings. The molecule has 0 spiro atoms. The van der Waals surface area contributed by atoms with Gasteiger partial charge in [-0.05, 0) is 36.1 Å². The van der Waals surface area contributed by atoms with E-state index in [0.29, 0.717) is 6.42 Å². The summed E-state index contributed by atoms with van der Waals surface area (Å²) in [5.74, 6) is 0. The Morgan fingerprint density at radius 2 is 1.53 bits per heavy atom. The molecule has 0 unspecified atom stereocenters. The highest BCUT2D eigenvalue weighted by Crippen LogP contribution is 2.24. The first kappa shape index (κ1) is 13.8. The first-order valence-corrected chi connectivity index (χ1v) is 6.63. The Hall–Kier alpha value is -1.64. The number of hydrogen-bond acceptors (Lipinski definition) is 2. The third kappa shape index (κ3) is 3.22. The lowest BCUT2D eigenvalue weighted by Crippen LogP contribution is -2.29. The maximum absolute atomic E-state index is 10.3. The van der Waals surface area contributed by atoms with Crippen molar-refractivity contribution in [1.29, 1.82) is 0 Å². The van der Waals surface area contributed by atoms with Gasteiger partial charge >= 0.3 is 0 Å². The number of aliphatic hydroxyl groups is 1. The largest absolute Gasteiger partial charge is 0.391 e. The molecule has 0 aliphatic heterocycles. The van der Waals surface area contributed by atoms with Gasteiger partial charge in [0.25, 0.3) is 0 Å². The molecule has 0 heterocycles. The Labute approximate surface area is 114 Å². The van der Waals surface area contributed by atoms with Crippen molar-refractivity contribution < 1.29 is 5.11 Å². The number of aliphatic hydroxyl groups excluding tert-OH is 1. The number of rotatable bonds is 4. The average molecular weight is 255 g/mol. The van der Waals surface area contributed by atoms with Gasteiger partial charge in [0.2, 0.25) is 0 Å². The third-order valence-corrected chi connectivity index (χ3v) is 3.58. The highest BCUT2D eigenvalue weighted by molar-refractivity contribution is 5.36. The molecule has 0 amide bonds. The Morgan fingerprint density at radius 1 is 0.947 bits per heavy atom. The molecule has 2 heteroatoms. The molecule has 0 saturated carbocycles. The van der Waals surface area contributed by atoms with Crippen molar-refractivity contribution in [3.63, 3.8) is 0 Å². The first-order chi connectivity index (χ1) is 9.09. The topological polar surface area (TPSA) is 46.2 Å². The summed E-state index contributed by atoms with van der Waals surface area (Å²) in [5.41, 5.74) is 10.7. The van der Waals surface area contributed by atoms with Gasteiger partial charge in [0, 0.05) is 6.42 Å². The molecular weight excluding hydrogens is 234 g/mol. The second-order valence-corrected chi connectivity index (χ2v) is 5.09. The van der Waals surface area contributed by atoms with Gasteiger partial charge in [0.15, 0.2) is 0 Å². The van der Waals surface area contributed by atoms with Crippen LogP contribution < -0.4 is 5.73 Å². The Bertz CT molecular complexity index is 516. The second kappa shape index (κ2) is 6.00. The highest BCUT2D eigenvalue weighted by Gasteiger charge is 2.20. The zero-order valence-electron chi connectivity index (χ0n) is 11.5. The molecule has 2 aromatic rings. The van der Waals surface area contributed by atoms with E-state index < -0.39 is 6.10 Å². The summed E-state index contributed by atoms with van der Waals surface area (Å²) in [6.07, 6.45) is 0.0117. The summed E-state index contributed by atoms with van der Waals surface area (Å²) >= 11 is 0. The predicted molar refractivity (Wildman–Crippen MR) is 79.0 cm³/mol. The number of aryl methyl sites for hydroxylation is 2. The van der Waals surface area contributed by atoms with Crippen LogP contribution in [-0.4, -0.2) is 11.2 Å². The minimum atomic E-state index is -0.567. The Balaban J connectivity index is 2.17. The molecule has 0 aliphatic carbocycles. The van der Waals surface area contributed by atoms with Gasteiger partial charge < -0.3 is 10.8 Å². The molecule has 0 bridgehead atoms. The molecule has 2 atom stereocenters. The van der Waals surface area contributed by atoms with Gasteiger partial charge in [-0.15, -0.1) is 0 Å². The van der Waals surface area contributed by atoms with Gasteiger partial charge in [0.1, 0.15) is 0 Å². The van der Waals surface area contributed by atoms with Crippen LogP contribution >= 0.6 is 0 Å².